The highest BCUT2D eigenvalue weighted by Crippen LogP contribution is 2.08. The van der Waals surface area contributed by atoms with Crippen LogP contribution in [0.25, 0.3) is 0 Å². The molecule has 0 saturated heterocycles. The van der Waals surface area contributed by atoms with Crippen molar-refractivity contribution in [1.82, 2.24) is 4.98 Å². The summed E-state index contributed by atoms with van der Waals surface area (Å²) in [6.07, 6.45) is 2.13. The maximum Gasteiger partial charge on any atom is 0.354 e. The van der Waals surface area contributed by atoms with Crippen LogP contribution in [0.15, 0.2) is 18.2 Å². The van der Waals surface area contributed by atoms with Crippen molar-refractivity contribution in [2.75, 3.05) is 5.32 Å². The molecule has 0 radical (unpaired) electrons. The Labute approximate surface area is 89.3 Å². The van der Waals surface area contributed by atoms with E-state index in [1.165, 1.54) is 6.07 Å². The molecule has 1 unspecified atom stereocenters. The normalized spacial score (nSPS) is 12.1. The standard InChI is InChI=1S/C11H16N2O2/c1-3-5-8(2)12-10-7-4-6-9(13-10)11(14)15/h4,6-8H,3,5H2,1-2H3,(H,12,13)(H,14,15). The number of nitrogens with zero attached hydrogens (tertiary/aromatic N) is 1. The Morgan fingerprint density at radius 1 is 1.60 bits per heavy atom. The van der Waals surface area contributed by atoms with Crippen LogP contribution in [0.5, 0.6) is 0 Å². The van der Waals surface area contributed by atoms with Gasteiger partial charge in [0.25, 0.3) is 0 Å². The largest absolute Gasteiger partial charge is 0.477 e. The lowest BCUT2D eigenvalue weighted by Crippen LogP contribution is -2.16. The van der Waals surface area contributed by atoms with Crippen molar-refractivity contribution in [3.8, 4) is 0 Å². The summed E-state index contributed by atoms with van der Waals surface area (Å²) in [5, 5.41) is 11.9. The zero-order valence-electron chi connectivity index (χ0n) is 9.03. The summed E-state index contributed by atoms with van der Waals surface area (Å²) < 4.78 is 0. The lowest BCUT2D eigenvalue weighted by molar-refractivity contribution is 0.0690. The lowest BCUT2D eigenvalue weighted by atomic mass is 10.2. The van der Waals surface area contributed by atoms with Gasteiger partial charge in [-0.1, -0.05) is 19.4 Å². The van der Waals surface area contributed by atoms with Crippen LogP contribution >= 0.6 is 0 Å². The molecule has 0 saturated carbocycles. The molecule has 1 aromatic rings. The third kappa shape index (κ3) is 3.58. The Bertz CT molecular complexity index is 339. The number of aromatic carboxylic acids is 1. The van der Waals surface area contributed by atoms with E-state index in [9.17, 15) is 4.79 Å². The lowest BCUT2D eigenvalue weighted by Gasteiger charge is -2.13. The predicted octanol–water partition coefficient (Wildman–Crippen LogP) is 2.38. The summed E-state index contributed by atoms with van der Waals surface area (Å²) in [7, 11) is 0. The van der Waals surface area contributed by atoms with Gasteiger partial charge in [0.05, 0.1) is 0 Å². The average molecular weight is 208 g/mol. The number of hydrogen-bond acceptors (Lipinski definition) is 3. The van der Waals surface area contributed by atoms with Crippen LogP contribution in [0.2, 0.25) is 0 Å². The molecule has 0 amide bonds. The monoisotopic (exact) mass is 208 g/mol. The summed E-state index contributed by atoms with van der Waals surface area (Å²) in [6, 6.07) is 5.26. The van der Waals surface area contributed by atoms with Crippen LogP contribution in [0.4, 0.5) is 5.82 Å². The van der Waals surface area contributed by atoms with E-state index in [0.717, 1.165) is 12.8 Å². The fraction of sp³-hybridized carbons (Fsp3) is 0.455. The number of aromatic nitrogens is 1. The maximum atomic E-state index is 10.7. The Morgan fingerprint density at radius 3 is 2.93 bits per heavy atom. The number of carboxylic acids is 1. The van der Waals surface area contributed by atoms with Gasteiger partial charge in [-0.25, -0.2) is 9.78 Å². The predicted molar refractivity (Wildman–Crippen MR) is 59.2 cm³/mol. The fourth-order valence-corrected chi connectivity index (χ4v) is 1.39. The number of pyridine rings is 1. The van der Waals surface area contributed by atoms with Crippen LogP contribution in [-0.4, -0.2) is 22.1 Å². The van der Waals surface area contributed by atoms with E-state index in [1.54, 1.807) is 12.1 Å². The molecule has 0 aliphatic heterocycles. The molecular weight excluding hydrogens is 192 g/mol. The number of hydrogen-bond donors (Lipinski definition) is 2. The summed E-state index contributed by atoms with van der Waals surface area (Å²) in [4.78, 5) is 14.7. The molecule has 1 rings (SSSR count). The van der Waals surface area contributed by atoms with Gasteiger partial charge in [-0.2, -0.15) is 0 Å². The van der Waals surface area contributed by atoms with Gasteiger partial charge in [0.2, 0.25) is 0 Å². The number of nitrogens with one attached hydrogen (secondary N) is 1. The van der Waals surface area contributed by atoms with Crippen molar-refractivity contribution in [1.29, 1.82) is 0 Å². The van der Waals surface area contributed by atoms with Crippen molar-refractivity contribution < 1.29 is 9.90 Å². The van der Waals surface area contributed by atoms with Gasteiger partial charge in [-0.3, -0.25) is 0 Å². The zero-order valence-corrected chi connectivity index (χ0v) is 9.03. The van der Waals surface area contributed by atoms with Gasteiger partial charge in [0.15, 0.2) is 5.69 Å². The van der Waals surface area contributed by atoms with E-state index < -0.39 is 5.97 Å². The average Bonchev–Trinajstić information content (AvgIpc) is 2.18. The van der Waals surface area contributed by atoms with E-state index in [0.29, 0.717) is 11.9 Å². The molecule has 0 aliphatic rings. The van der Waals surface area contributed by atoms with E-state index in [-0.39, 0.29) is 5.69 Å². The molecule has 1 heterocycles. The highest BCUT2D eigenvalue weighted by atomic mass is 16.4. The molecule has 1 aromatic heterocycles. The minimum atomic E-state index is -0.998. The second-order valence-corrected chi connectivity index (χ2v) is 3.55. The molecule has 0 aromatic carbocycles. The number of carboxylic acid groups (broad SMARTS) is 1. The fourth-order valence-electron chi connectivity index (χ4n) is 1.39. The molecule has 15 heavy (non-hydrogen) atoms. The molecule has 0 fully saturated rings. The molecule has 0 bridgehead atoms. The van der Waals surface area contributed by atoms with Crippen LogP contribution < -0.4 is 5.32 Å². The second-order valence-electron chi connectivity index (χ2n) is 3.55. The van der Waals surface area contributed by atoms with Gasteiger partial charge in [-0.05, 0) is 25.5 Å². The maximum absolute atomic E-state index is 10.7. The van der Waals surface area contributed by atoms with Crippen molar-refractivity contribution in [2.24, 2.45) is 0 Å². The Kier molecular flexibility index (Phi) is 4.09. The molecule has 82 valence electrons. The van der Waals surface area contributed by atoms with Crippen molar-refractivity contribution >= 4 is 11.8 Å². The first-order valence-corrected chi connectivity index (χ1v) is 5.10. The quantitative estimate of drug-likeness (QED) is 0.779. The van der Waals surface area contributed by atoms with Gasteiger partial charge in [-0.15, -0.1) is 0 Å². The number of carbonyl (C=O) groups is 1. The van der Waals surface area contributed by atoms with Crippen LogP contribution in [-0.2, 0) is 0 Å². The number of anilines is 1. The van der Waals surface area contributed by atoms with Gasteiger partial charge in [0.1, 0.15) is 5.82 Å². The van der Waals surface area contributed by atoms with Gasteiger partial charge < -0.3 is 10.4 Å². The van der Waals surface area contributed by atoms with E-state index in [4.69, 9.17) is 5.11 Å². The molecule has 1 atom stereocenters. The molecule has 2 N–H and O–H groups in total. The molecular formula is C11H16N2O2. The molecule has 0 spiro atoms. The first kappa shape index (κ1) is 11.5. The first-order valence-electron chi connectivity index (χ1n) is 5.10. The van der Waals surface area contributed by atoms with Crippen LogP contribution in [0.1, 0.15) is 37.2 Å². The van der Waals surface area contributed by atoms with Crippen LogP contribution in [0.3, 0.4) is 0 Å². The van der Waals surface area contributed by atoms with Crippen LogP contribution in [0, 0.1) is 0 Å². The second kappa shape index (κ2) is 5.34. The summed E-state index contributed by atoms with van der Waals surface area (Å²) in [6.45, 7) is 4.16. The molecule has 0 aliphatic carbocycles. The smallest absolute Gasteiger partial charge is 0.354 e. The van der Waals surface area contributed by atoms with Crippen molar-refractivity contribution in [3.05, 3.63) is 23.9 Å². The Balaban J connectivity index is 2.69. The van der Waals surface area contributed by atoms with Crippen molar-refractivity contribution in [2.45, 2.75) is 32.7 Å². The minimum Gasteiger partial charge on any atom is -0.477 e. The summed E-state index contributed by atoms with van der Waals surface area (Å²) in [5.41, 5.74) is 0.0729. The van der Waals surface area contributed by atoms with Crippen molar-refractivity contribution in [3.63, 3.8) is 0 Å². The van der Waals surface area contributed by atoms with E-state index in [2.05, 4.69) is 24.1 Å². The first-order chi connectivity index (χ1) is 7.13. The molecule has 4 heteroatoms. The summed E-state index contributed by atoms with van der Waals surface area (Å²) >= 11 is 0. The Morgan fingerprint density at radius 2 is 2.33 bits per heavy atom. The highest BCUT2D eigenvalue weighted by Gasteiger charge is 2.06. The van der Waals surface area contributed by atoms with E-state index in [1.807, 2.05) is 0 Å². The summed E-state index contributed by atoms with van der Waals surface area (Å²) in [5.74, 6) is -0.377. The zero-order chi connectivity index (χ0) is 11.3. The van der Waals surface area contributed by atoms with Gasteiger partial charge in [0, 0.05) is 6.04 Å². The van der Waals surface area contributed by atoms with E-state index >= 15 is 0 Å². The third-order valence-corrected chi connectivity index (χ3v) is 2.08. The highest BCUT2D eigenvalue weighted by molar-refractivity contribution is 5.85. The SMILES string of the molecule is CCCC(C)Nc1cccc(C(=O)O)n1. The third-order valence-electron chi connectivity index (χ3n) is 2.08. The Hall–Kier alpha value is -1.58. The number of rotatable bonds is 5. The topological polar surface area (TPSA) is 62.2 Å². The molecule has 4 nitrogen and oxygen atoms in total. The minimum absolute atomic E-state index is 0.0729. The van der Waals surface area contributed by atoms with Gasteiger partial charge >= 0.3 is 5.97 Å².